The average Bonchev–Trinajstić information content (AvgIpc) is 3.04. The Bertz CT molecular complexity index is 526. The van der Waals surface area contributed by atoms with Crippen molar-refractivity contribution < 1.29 is 0 Å². The van der Waals surface area contributed by atoms with Crippen LogP contribution in [0.15, 0.2) is 24.7 Å². The molecule has 20 heavy (non-hydrogen) atoms. The second-order valence-corrected chi connectivity index (χ2v) is 5.76. The number of aromatic nitrogens is 4. The van der Waals surface area contributed by atoms with E-state index in [4.69, 9.17) is 0 Å². The van der Waals surface area contributed by atoms with Crippen molar-refractivity contribution in [1.82, 2.24) is 19.6 Å². The fourth-order valence-corrected chi connectivity index (χ4v) is 2.03. The fraction of sp³-hybridized carbons (Fsp3) is 0.600. The van der Waals surface area contributed by atoms with Gasteiger partial charge in [0.15, 0.2) is 0 Å². The van der Waals surface area contributed by atoms with Crippen LogP contribution in [0, 0.1) is 5.92 Å². The number of hydrogen-bond acceptors (Lipinski definition) is 3. The third-order valence-corrected chi connectivity index (χ3v) is 3.36. The summed E-state index contributed by atoms with van der Waals surface area (Å²) in [5, 5.41) is 12.2. The highest BCUT2D eigenvalue weighted by atomic mass is 15.3. The van der Waals surface area contributed by atoms with E-state index in [2.05, 4.69) is 49.4 Å². The van der Waals surface area contributed by atoms with E-state index in [-0.39, 0.29) is 0 Å². The molecule has 2 heterocycles. The van der Waals surface area contributed by atoms with E-state index in [1.165, 1.54) is 5.56 Å². The van der Waals surface area contributed by atoms with E-state index in [0.717, 1.165) is 25.3 Å². The van der Waals surface area contributed by atoms with Gasteiger partial charge in [0, 0.05) is 43.2 Å². The van der Waals surface area contributed by atoms with Crippen LogP contribution < -0.4 is 5.32 Å². The van der Waals surface area contributed by atoms with E-state index >= 15 is 0 Å². The first kappa shape index (κ1) is 14.6. The van der Waals surface area contributed by atoms with E-state index in [9.17, 15) is 0 Å². The quantitative estimate of drug-likeness (QED) is 0.843. The summed E-state index contributed by atoms with van der Waals surface area (Å²) in [5.41, 5.74) is 1.18. The molecule has 1 N–H and O–H groups in total. The van der Waals surface area contributed by atoms with Gasteiger partial charge in [0.2, 0.25) is 0 Å². The van der Waals surface area contributed by atoms with Crippen LogP contribution in [0.4, 0.5) is 5.82 Å². The lowest BCUT2D eigenvalue weighted by atomic mass is 10.2. The van der Waals surface area contributed by atoms with Gasteiger partial charge in [-0.3, -0.25) is 9.36 Å². The Morgan fingerprint density at radius 3 is 2.80 bits per heavy atom. The van der Waals surface area contributed by atoms with Crippen LogP contribution in [0.2, 0.25) is 0 Å². The molecule has 110 valence electrons. The number of rotatable bonds is 7. The van der Waals surface area contributed by atoms with Gasteiger partial charge < -0.3 is 5.32 Å². The van der Waals surface area contributed by atoms with Crippen molar-refractivity contribution in [3.8, 4) is 0 Å². The van der Waals surface area contributed by atoms with E-state index in [0.29, 0.717) is 12.0 Å². The van der Waals surface area contributed by atoms with Crippen LogP contribution in [0.3, 0.4) is 0 Å². The van der Waals surface area contributed by atoms with Crippen LogP contribution in [0.25, 0.3) is 0 Å². The molecular weight excluding hydrogens is 250 g/mol. The predicted octanol–water partition coefficient (Wildman–Crippen LogP) is 3.32. The molecule has 0 saturated carbocycles. The molecule has 2 rings (SSSR count). The highest BCUT2D eigenvalue weighted by molar-refractivity contribution is 5.33. The molecule has 0 bridgehead atoms. The summed E-state index contributed by atoms with van der Waals surface area (Å²) in [5.74, 6) is 1.53. The zero-order valence-electron chi connectivity index (χ0n) is 12.9. The molecule has 0 saturated heterocycles. The van der Waals surface area contributed by atoms with Crippen LogP contribution in [0.1, 0.15) is 45.7 Å². The second-order valence-electron chi connectivity index (χ2n) is 5.76. The van der Waals surface area contributed by atoms with Crippen molar-refractivity contribution in [3.63, 3.8) is 0 Å². The Labute approximate surface area is 121 Å². The molecule has 0 amide bonds. The number of hydrogen-bond donors (Lipinski definition) is 1. The molecule has 0 unspecified atom stereocenters. The van der Waals surface area contributed by atoms with Gasteiger partial charge in [0.05, 0.1) is 6.20 Å². The molecule has 0 fully saturated rings. The summed E-state index contributed by atoms with van der Waals surface area (Å²) in [4.78, 5) is 0. The maximum atomic E-state index is 4.53. The number of nitrogens with one attached hydrogen (secondary N) is 1. The molecule has 0 aliphatic rings. The molecular formula is C15H25N5. The van der Waals surface area contributed by atoms with Crippen molar-refractivity contribution in [2.45, 2.75) is 53.2 Å². The molecule has 2 aromatic heterocycles. The lowest BCUT2D eigenvalue weighted by molar-refractivity contribution is 0.479. The van der Waals surface area contributed by atoms with Crippen molar-refractivity contribution in [1.29, 1.82) is 0 Å². The Balaban J connectivity index is 1.88. The Morgan fingerprint density at radius 2 is 2.10 bits per heavy atom. The summed E-state index contributed by atoms with van der Waals surface area (Å²) < 4.78 is 4.00. The molecule has 0 spiro atoms. The molecule has 0 aliphatic heterocycles. The highest BCUT2D eigenvalue weighted by Gasteiger charge is 2.05. The lowest BCUT2D eigenvalue weighted by Gasteiger charge is -2.08. The summed E-state index contributed by atoms with van der Waals surface area (Å²) in [6, 6.07) is 2.46. The fourth-order valence-electron chi connectivity index (χ4n) is 2.03. The van der Waals surface area contributed by atoms with E-state index in [1.54, 1.807) is 0 Å². The monoisotopic (exact) mass is 275 g/mol. The molecule has 0 radical (unpaired) electrons. The molecule has 1 atom stereocenters. The first-order chi connectivity index (χ1) is 9.58. The van der Waals surface area contributed by atoms with Crippen LogP contribution >= 0.6 is 0 Å². The maximum Gasteiger partial charge on any atom is 0.148 e. The van der Waals surface area contributed by atoms with Gasteiger partial charge in [-0.05, 0) is 19.3 Å². The average molecular weight is 275 g/mol. The Kier molecular flexibility index (Phi) is 4.82. The van der Waals surface area contributed by atoms with Crippen molar-refractivity contribution in [2.24, 2.45) is 5.92 Å². The minimum absolute atomic E-state index is 0.444. The normalized spacial score (nSPS) is 12.8. The highest BCUT2D eigenvalue weighted by Crippen LogP contribution is 2.12. The zero-order chi connectivity index (χ0) is 14.5. The van der Waals surface area contributed by atoms with Crippen molar-refractivity contribution >= 4 is 5.82 Å². The molecule has 0 aromatic carbocycles. The van der Waals surface area contributed by atoms with E-state index < -0.39 is 0 Å². The minimum Gasteiger partial charge on any atom is -0.364 e. The summed E-state index contributed by atoms with van der Waals surface area (Å²) >= 11 is 0. The summed E-state index contributed by atoms with van der Waals surface area (Å²) in [7, 11) is 0. The Morgan fingerprint density at radius 1 is 1.30 bits per heavy atom. The topological polar surface area (TPSA) is 47.7 Å². The third kappa shape index (κ3) is 3.85. The summed E-state index contributed by atoms with van der Waals surface area (Å²) in [6.45, 7) is 10.5. The van der Waals surface area contributed by atoms with Crippen LogP contribution in [-0.4, -0.2) is 19.6 Å². The van der Waals surface area contributed by atoms with Gasteiger partial charge >= 0.3 is 0 Å². The second kappa shape index (κ2) is 6.59. The smallest absolute Gasteiger partial charge is 0.148 e. The van der Waals surface area contributed by atoms with Crippen molar-refractivity contribution in [3.05, 3.63) is 30.2 Å². The Hall–Kier alpha value is -1.78. The van der Waals surface area contributed by atoms with Gasteiger partial charge in [-0.2, -0.15) is 10.2 Å². The van der Waals surface area contributed by atoms with Gasteiger partial charge in [-0.25, -0.2) is 0 Å². The van der Waals surface area contributed by atoms with Gasteiger partial charge in [-0.1, -0.05) is 20.8 Å². The van der Waals surface area contributed by atoms with Crippen LogP contribution in [-0.2, 0) is 13.1 Å². The van der Waals surface area contributed by atoms with Gasteiger partial charge in [-0.15, -0.1) is 0 Å². The van der Waals surface area contributed by atoms with E-state index in [1.807, 2.05) is 27.8 Å². The maximum absolute atomic E-state index is 4.53. The third-order valence-electron chi connectivity index (χ3n) is 3.36. The molecule has 2 aromatic rings. The minimum atomic E-state index is 0.444. The largest absolute Gasteiger partial charge is 0.364 e. The lowest BCUT2D eigenvalue weighted by Crippen LogP contribution is -2.06. The first-order valence-electron chi connectivity index (χ1n) is 7.38. The standard InChI is InChI=1S/C15H25N5/c1-5-13(4)20-7-6-15(18-20)16-8-14-9-17-19(11-14)10-12(2)3/h6-7,9,11-13H,5,8,10H2,1-4H3,(H,16,18)/t13-/m0/s1. The first-order valence-corrected chi connectivity index (χ1v) is 7.38. The van der Waals surface area contributed by atoms with Crippen LogP contribution in [0.5, 0.6) is 0 Å². The SMILES string of the molecule is CC[C@H](C)n1ccc(NCc2cnn(CC(C)C)c2)n1. The molecule has 0 aliphatic carbocycles. The summed E-state index contributed by atoms with van der Waals surface area (Å²) in [6.07, 6.45) is 7.13. The van der Waals surface area contributed by atoms with Crippen molar-refractivity contribution in [2.75, 3.05) is 5.32 Å². The number of nitrogens with zero attached hydrogens (tertiary/aromatic N) is 4. The number of anilines is 1. The van der Waals surface area contributed by atoms with Gasteiger partial charge in [0.1, 0.15) is 5.82 Å². The zero-order valence-corrected chi connectivity index (χ0v) is 12.9. The predicted molar refractivity (Wildman–Crippen MR) is 81.6 cm³/mol. The molecule has 5 heteroatoms. The molecule has 5 nitrogen and oxygen atoms in total. The van der Waals surface area contributed by atoms with Gasteiger partial charge in [0.25, 0.3) is 0 Å².